The van der Waals surface area contributed by atoms with Crippen LogP contribution in [0, 0.1) is 6.92 Å². The lowest BCUT2D eigenvalue weighted by atomic mass is 10.1. The van der Waals surface area contributed by atoms with Gasteiger partial charge in [-0.15, -0.1) is 0 Å². The first-order valence-corrected chi connectivity index (χ1v) is 8.69. The van der Waals surface area contributed by atoms with Crippen molar-refractivity contribution in [3.8, 4) is 0 Å². The number of benzene rings is 2. The van der Waals surface area contributed by atoms with E-state index >= 15 is 0 Å². The number of hydrogen-bond acceptors (Lipinski definition) is 4. The van der Waals surface area contributed by atoms with Crippen LogP contribution in [0.4, 0.5) is 5.13 Å². The number of thiazole rings is 1. The zero-order chi connectivity index (χ0) is 16.4. The first-order chi connectivity index (χ1) is 11.1. The Labute approximate surface area is 144 Å². The third kappa shape index (κ3) is 3.38. The van der Waals surface area contributed by atoms with Crippen molar-refractivity contribution in [3.05, 3.63) is 58.1 Å². The van der Waals surface area contributed by atoms with E-state index in [0.717, 1.165) is 32.9 Å². The topological polar surface area (TPSA) is 42.0 Å². The number of hydrogen-bond donors (Lipinski definition) is 1. The quantitative estimate of drug-likeness (QED) is 0.653. The Balaban J connectivity index is 1.72. The van der Waals surface area contributed by atoms with Crippen molar-refractivity contribution in [2.75, 3.05) is 11.9 Å². The maximum atomic E-state index is 12.2. The second kappa shape index (κ2) is 6.69. The minimum atomic E-state index is 0.0571. The van der Waals surface area contributed by atoms with Gasteiger partial charge in [0.1, 0.15) is 0 Å². The van der Waals surface area contributed by atoms with E-state index in [2.05, 4.69) is 17.2 Å². The first-order valence-electron chi connectivity index (χ1n) is 7.50. The molecule has 0 fully saturated rings. The van der Waals surface area contributed by atoms with Crippen LogP contribution in [0.3, 0.4) is 0 Å². The molecular weight excluding hydrogens is 328 g/mol. The number of rotatable bonds is 5. The average molecular weight is 345 g/mol. The molecule has 3 aromatic rings. The second-order valence-corrected chi connectivity index (χ2v) is 6.80. The van der Waals surface area contributed by atoms with Crippen LogP contribution in [0.25, 0.3) is 10.2 Å². The molecule has 0 radical (unpaired) electrons. The van der Waals surface area contributed by atoms with Crippen molar-refractivity contribution in [1.82, 2.24) is 4.98 Å². The van der Waals surface area contributed by atoms with Crippen LogP contribution in [0.1, 0.15) is 28.4 Å². The highest BCUT2D eigenvalue weighted by Gasteiger charge is 2.10. The summed E-state index contributed by atoms with van der Waals surface area (Å²) in [5.41, 5.74) is 3.81. The SMILES string of the molecule is CCc1ccc(C(=O)CNc2nc3c(C)c(Cl)ccc3s2)cc1. The third-order valence-electron chi connectivity index (χ3n) is 3.83. The molecule has 1 aromatic heterocycles. The van der Waals surface area contributed by atoms with Gasteiger partial charge in [-0.2, -0.15) is 0 Å². The van der Waals surface area contributed by atoms with Crippen LogP contribution < -0.4 is 5.32 Å². The Bertz CT molecular complexity index is 855. The number of anilines is 1. The molecule has 2 aromatic carbocycles. The van der Waals surface area contributed by atoms with Gasteiger partial charge in [-0.3, -0.25) is 4.79 Å². The molecule has 3 rings (SSSR count). The largest absolute Gasteiger partial charge is 0.354 e. The van der Waals surface area contributed by atoms with Gasteiger partial charge in [-0.25, -0.2) is 4.98 Å². The fourth-order valence-electron chi connectivity index (χ4n) is 2.36. The van der Waals surface area contributed by atoms with Crippen LogP contribution >= 0.6 is 22.9 Å². The van der Waals surface area contributed by atoms with Crippen molar-refractivity contribution >= 4 is 44.1 Å². The Hall–Kier alpha value is -1.91. The van der Waals surface area contributed by atoms with Gasteiger partial charge in [0.2, 0.25) is 0 Å². The molecule has 1 N–H and O–H groups in total. The summed E-state index contributed by atoms with van der Waals surface area (Å²) in [7, 11) is 0. The van der Waals surface area contributed by atoms with E-state index in [1.54, 1.807) is 0 Å². The maximum Gasteiger partial charge on any atom is 0.184 e. The van der Waals surface area contributed by atoms with E-state index < -0.39 is 0 Å². The van der Waals surface area contributed by atoms with Gasteiger partial charge in [0, 0.05) is 10.6 Å². The number of nitrogens with zero attached hydrogens (tertiary/aromatic N) is 1. The number of Topliss-reactive ketones (excluding diaryl/α,β-unsaturated/α-hetero) is 1. The third-order valence-corrected chi connectivity index (χ3v) is 5.22. The normalized spacial score (nSPS) is 10.9. The van der Waals surface area contributed by atoms with Crippen LogP contribution in [-0.2, 0) is 6.42 Å². The van der Waals surface area contributed by atoms with Crippen LogP contribution in [0.2, 0.25) is 5.02 Å². The standard InChI is InChI=1S/C18H17ClN2OS/c1-3-12-4-6-13(7-5-12)15(22)10-20-18-21-17-11(2)14(19)8-9-16(17)23-18/h4-9H,3,10H2,1-2H3,(H,20,21). The molecule has 0 atom stereocenters. The molecule has 118 valence electrons. The lowest BCUT2D eigenvalue weighted by Gasteiger charge is -2.03. The van der Waals surface area contributed by atoms with Gasteiger partial charge in [0.15, 0.2) is 10.9 Å². The molecular formula is C18H17ClN2OS. The van der Waals surface area contributed by atoms with Gasteiger partial charge >= 0.3 is 0 Å². The van der Waals surface area contributed by atoms with Crippen molar-refractivity contribution in [1.29, 1.82) is 0 Å². The molecule has 0 aliphatic heterocycles. The van der Waals surface area contributed by atoms with Crippen LogP contribution in [0.15, 0.2) is 36.4 Å². The predicted octanol–water partition coefficient (Wildman–Crippen LogP) is 5.12. The Morgan fingerprint density at radius 1 is 1.22 bits per heavy atom. The predicted molar refractivity (Wildman–Crippen MR) is 98.0 cm³/mol. The summed E-state index contributed by atoms with van der Waals surface area (Å²) in [5, 5.41) is 4.57. The van der Waals surface area contributed by atoms with E-state index in [4.69, 9.17) is 11.6 Å². The van der Waals surface area contributed by atoms with Crippen molar-refractivity contribution < 1.29 is 4.79 Å². The number of aryl methyl sites for hydroxylation is 2. The van der Waals surface area contributed by atoms with E-state index in [1.807, 2.05) is 43.3 Å². The number of carbonyl (C=O) groups is 1. The summed E-state index contributed by atoms with van der Waals surface area (Å²) in [5.74, 6) is 0.0571. The monoisotopic (exact) mass is 344 g/mol. The number of aromatic nitrogens is 1. The van der Waals surface area contributed by atoms with E-state index in [1.165, 1.54) is 16.9 Å². The molecule has 23 heavy (non-hydrogen) atoms. The Morgan fingerprint density at radius 2 is 1.96 bits per heavy atom. The van der Waals surface area contributed by atoms with E-state index in [9.17, 15) is 4.79 Å². The van der Waals surface area contributed by atoms with E-state index in [-0.39, 0.29) is 12.3 Å². The molecule has 0 bridgehead atoms. The Morgan fingerprint density at radius 3 is 2.65 bits per heavy atom. The highest BCUT2D eigenvalue weighted by molar-refractivity contribution is 7.22. The van der Waals surface area contributed by atoms with Gasteiger partial charge in [-0.1, -0.05) is 54.1 Å². The molecule has 1 heterocycles. The smallest absolute Gasteiger partial charge is 0.184 e. The molecule has 0 aliphatic carbocycles. The van der Waals surface area contributed by atoms with Gasteiger partial charge in [0.05, 0.1) is 16.8 Å². The van der Waals surface area contributed by atoms with Crippen LogP contribution in [-0.4, -0.2) is 17.3 Å². The number of halogens is 1. The maximum absolute atomic E-state index is 12.2. The van der Waals surface area contributed by atoms with Gasteiger partial charge in [0.25, 0.3) is 0 Å². The first kappa shape index (κ1) is 16.0. The minimum Gasteiger partial charge on any atom is -0.354 e. The summed E-state index contributed by atoms with van der Waals surface area (Å²) >= 11 is 7.65. The molecule has 0 amide bonds. The molecule has 3 nitrogen and oxygen atoms in total. The lowest BCUT2D eigenvalue weighted by molar-refractivity contribution is 0.101. The summed E-state index contributed by atoms with van der Waals surface area (Å²) < 4.78 is 1.06. The molecule has 0 spiro atoms. The highest BCUT2D eigenvalue weighted by atomic mass is 35.5. The summed E-state index contributed by atoms with van der Waals surface area (Å²) in [6, 6.07) is 11.6. The molecule has 0 saturated heterocycles. The summed E-state index contributed by atoms with van der Waals surface area (Å²) in [6.45, 7) is 4.28. The fourth-order valence-corrected chi connectivity index (χ4v) is 3.43. The van der Waals surface area contributed by atoms with Crippen molar-refractivity contribution in [2.45, 2.75) is 20.3 Å². The highest BCUT2D eigenvalue weighted by Crippen LogP contribution is 2.31. The van der Waals surface area contributed by atoms with Gasteiger partial charge in [-0.05, 0) is 36.6 Å². The zero-order valence-corrected chi connectivity index (χ0v) is 14.6. The number of carbonyl (C=O) groups excluding carboxylic acids is 1. The second-order valence-electron chi connectivity index (χ2n) is 5.37. The molecule has 0 unspecified atom stereocenters. The minimum absolute atomic E-state index is 0.0571. The van der Waals surface area contributed by atoms with E-state index in [0.29, 0.717) is 5.02 Å². The zero-order valence-electron chi connectivity index (χ0n) is 13.0. The number of ketones is 1. The van der Waals surface area contributed by atoms with Crippen molar-refractivity contribution in [3.63, 3.8) is 0 Å². The van der Waals surface area contributed by atoms with Crippen LogP contribution in [0.5, 0.6) is 0 Å². The Kier molecular flexibility index (Phi) is 4.64. The number of nitrogens with one attached hydrogen (secondary N) is 1. The average Bonchev–Trinajstić information content (AvgIpc) is 3.00. The fraction of sp³-hybridized carbons (Fsp3) is 0.222. The molecule has 5 heteroatoms. The summed E-state index contributed by atoms with van der Waals surface area (Å²) in [6.07, 6.45) is 0.973. The molecule has 0 aliphatic rings. The summed E-state index contributed by atoms with van der Waals surface area (Å²) in [4.78, 5) is 16.8. The molecule has 0 saturated carbocycles. The number of fused-ring (bicyclic) bond motifs is 1. The lowest BCUT2D eigenvalue weighted by Crippen LogP contribution is -2.13. The van der Waals surface area contributed by atoms with Crippen molar-refractivity contribution in [2.24, 2.45) is 0 Å². The van der Waals surface area contributed by atoms with Gasteiger partial charge < -0.3 is 5.32 Å².